The van der Waals surface area contributed by atoms with Crippen molar-refractivity contribution >= 4 is 0 Å². The van der Waals surface area contributed by atoms with Crippen LogP contribution in [0.4, 0.5) is 4.39 Å². The Balaban J connectivity index is 2.57. The van der Waals surface area contributed by atoms with Crippen LogP contribution in [0.3, 0.4) is 0 Å². The molecular weight excluding hydrogens is 203 g/mol. The number of alkyl halides is 1. The highest BCUT2D eigenvalue weighted by atomic mass is 19.1. The Kier molecular flexibility index (Phi) is 6.34. The van der Waals surface area contributed by atoms with Crippen molar-refractivity contribution in [3.05, 3.63) is 24.3 Å². The molecule has 92 valence electrons. The molecule has 2 atom stereocenters. The molecule has 16 heavy (non-hydrogen) atoms. The van der Waals surface area contributed by atoms with E-state index < -0.39 is 6.17 Å². The molecule has 0 radical (unpaired) electrons. The molecule has 1 saturated heterocycles. The van der Waals surface area contributed by atoms with Crippen LogP contribution in [0.5, 0.6) is 0 Å². The van der Waals surface area contributed by atoms with Gasteiger partial charge in [-0.15, -0.1) is 0 Å². The lowest BCUT2D eigenvalue weighted by molar-refractivity contribution is 0.227. The van der Waals surface area contributed by atoms with Gasteiger partial charge in [0.15, 0.2) is 0 Å². The van der Waals surface area contributed by atoms with Crippen molar-refractivity contribution in [1.29, 1.82) is 0 Å². The fraction of sp³-hybridized carbons (Fsp3) is 0.692. The van der Waals surface area contributed by atoms with Gasteiger partial charge in [0.05, 0.1) is 0 Å². The highest BCUT2D eigenvalue weighted by Crippen LogP contribution is 2.07. The number of piperazine rings is 1. The van der Waals surface area contributed by atoms with Gasteiger partial charge in [0.25, 0.3) is 0 Å². The molecule has 0 spiro atoms. The van der Waals surface area contributed by atoms with Crippen molar-refractivity contribution in [2.75, 3.05) is 26.2 Å². The average molecular weight is 226 g/mol. The van der Waals surface area contributed by atoms with Gasteiger partial charge in [-0.1, -0.05) is 31.2 Å². The Bertz CT molecular complexity index is 230. The van der Waals surface area contributed by atoms with Crippen LogP contribution >= 0.6 is 0 Å². The van der Waals surface area contributed by atoms with Crippen LogP contribution in [0, 0.1) is 0 Å². The van der Waals surface area contributed by atoms with Gasteiger partial charge >= 0.3 is 0 Å². The molecule has 2 unspecified atom stereocenters. The molecule has 0 aromatic heterocycles. The van der Waals surface area contributed by atoms with Gasteiger partial charge in [-0.25, -0.2) is 4.39 Å². The molecule has 0 amide bonds. The Labute approximate surface area is 98.2 Å². The zero-order valence-electron chi connectivity index (χ0n) is 10.3. The first-order chi connectivity index (χ1) is 7.74. The summed E-state index contributed by atoms with van der Waals surface area (Å²) in [6.45, 7) is 7.79. The fourth-order valence-corrected chi connectivity index (χ4v) is 1.83. The largest absolute Gasteiger partial charge is 0.314 e. The normalized spacial score (nSPS) is 22.9. The summed E-state index contributed by atoms with van der Waals surface area (Å²) in [4.78, 5) is 2.38. The number of nitrogens with zero attached hydrogens (tertiary/aromatic N) is 1. The van der Waals surface area contributed by atoms with Gasteiger partial charge < -0.3 is 5.32 Å². The maximum Gasteiger partial charge on any atom is 0.115 e. The van der Waals surface area contributed by atoms with E-state index >= 15 is 0 Å². The van der Waals surface area contributed by atoms with Gasteiger partial charge in [0.2, 0.25) is 0 Å². The van der Waals surface area contributed by atoms with Crippen molar-refractivity contribution in [3.8, 4) is 0 Å². The predicted octanol–water partition coefficient (Wildman–Crippen LogP) is 2.14. The zero-order chi connectivity index (χ0) is 11.8. The fourth-order valence-electron chi connectivity index (χ4n) is 1.83. The van der Waals surface area contributed by atoms with Crippen molar-refractivity contribution in [3.63, 3.8) is 0 Å². The molecule has 1 aliphatic heterocycles. The van der Waals surface area contributed by atoms with Crippen molar-refractivity contribution < 1.29 is 4.39 Å². The lowest BCUT2D eigenvalue weighted by atomic mass is 10.1. The Morgan fingerprint density at radius 2 is 1.94 bits per heavy atom. The molecule has 0 bridgehead atoms. The molecule has 1 fully saturated rings. The summed E-state index contributed by atoms with van der Waals surface area (Å²) in [7, 11) is 0. The van der Waals surface area contributed by atoms with Crippen molar-refractivity contribution in [2.24, 2.45) is 0 Å². The zero-order valence-corrected chi connectivity index (χ0v) is 10.3. The third-order valence-electron chi connectivity index (χ3n) is 2.72. The van der Waals surface area contributed by atoms with E-state index in [9.17, 15) is 4.39 Å². The van der Waals surface area contributed by atoms with E-state index in [2.05, 4.69) is 29.3 Å². The minimum absolute atomic E-state index is 0.250. The summed E-state index contributed by atoms with van der Waals surface area (Å²) in [6, 6.07) is 0.250. The first-order valence-corrected chi connectivity index (χ1v) is 6.18. The van der Waals surface area contributed by atoms with Crippen LogP contribution in [0.2, 0.25) is 0 Å². The lowest BCUT2D eigenvalue weighted by Gasteiger charge is -2.31. The Hall–Kier alpha value is -0.670. The van der Waals surface area contributed by atoms with Gasteiger partial charge in [-0.2, -0.15) is 0 Å². The number of hydrogen-bond acceptors (Lipinski definition) is 2. The Morgan fingerprint density at radius 1 is 1.25 bits per heavy atom. The molecule has 0 aliphatic carbocycles. The van der Waals surface area contributed by atoms with Crippen LogP contribution in [-0.2, 0) is 0 Å². The number of halogens is 1. The van der Waals surface area contributed by atoms with Crippen molar-refractivity contribution in [2.45, 2.75) is 32.5 Å². The van der Waals surface area contributed by atoms with E-state index in [1.165, 1.54) is 0 Å². The molecule has 2 nitrogen and oxygen atoms in total. The quantitative estimate of drug-likeness (QED) is 0.723. The maximum absolute atomic E-state index is 12.8. The van der Waals surface area contributed by atoms with E-state index in [-0.39, 0.29) is 6.04 Å². The van der Waals surface area contributed by atoms with Crippen LogP contribution in [-0.4, -0.2) is 43.3 Å². The average Bonchev–Trinajstić information content (AvgIpc) is 2.30. The molecule has 1 heterocycles. The van der Waals surface area contributed by atoms with E-state index in [1.54, 1.807) is 13.0 Å². The summed E-state index contributed by atoms with van der Waals surface area (Å²) in [5, 5.41) is 3.33. The van der Waals surface area contributed by atoms with Gasteiger partial charge in [-0.3, -0.25) is 4.90 Å². The third kappa shape index (κ3) is 4.90. The number of hydrogen-bond donors (Lipinski definition) is 1. The molecule has 0 saturated carbocycles. The first-order valence-electron chi connectivity index (χ1n) is 6.18. The standard InChI is InChI=1S/C13H23FN2/c1-3-4-5-13(7-6-12(2)14)16-10-8-15-9-11-16/h4-7,12-13,15H,3,8-11H2,1-2H3. The monoisotopic (exact) mass is 226 g/mol. The first kappa shape index (κ1) is 13.4. The number of nitrogens with one attached hydrogen (secondary N) is 1. The minimum atomic E-state index is -0.861. The number of rotatable bonds is 5. The third-order valence-corrected chi connectivity index (χ3v) is 2.72. The maximum atomic E-state index is 12.8. The second-order valence-electron chi connectivity index (χ2n) is 4.18. The van der Waals surface area contributed by atoms with Crippen molar-refractivity contribution in [1.82, 2.24) is 10.2 Å². The topological polar surface area (TPSA) is 15.3 Å². The van der Waals surface area contributed by atoms with Gasteiger partial charge in [0.1, 0.15) is 6.17 Å². The van der Waals surface area contributed by atoms with E-state index in [0.29, 0.717) is 0 Å². The molecule has 1 N–H and O–H groups in total. The smallest absolute Gasteiger partial charge is 0.115 e. The molecule has 1 rings (SSSR count). The predicted molar refractivity (Wildman–Crippen MR) is 67.4 cm³/mol. The van der Waals surface area contributed by atoms with Gasteiger partial charge in [0, 0.05) is 32.2 Å². The second-order valence-corrected chi connectivity index (χ2v) is 4.18. The minimum Gasteiger partial charge on any atom is -0.314 e. The summed E-state index contributed by atoms with van der Waals surface area (Å²) >= 11 is 0. The van der Waals surface area contributed by atoms with E-state index in [4.69, 9.17) is 0 Å². The highest BCUT2D eigenvalue weighted by Gasteiger charge is 2.15. The molecule has 3 heteroatoms. The van der Waals surface area contributed by atoms with Gasteiger partial charge in [-0.05, 0) is 13.3 Å². The lowest BCUT2D eigenvalue weighted by Crippen LogP contribution is -2.47. The van der Waals surface area contributed by atoms with Crippen LogP contribution < -0.4 is 5.32 Å². The summed E-state index contributed by atoms with van der Waals surface area (Å²) in [5.74, 6) is 0. The molecule has 0 aromatic carbocycles. The van der Waals surface area contributed by atoms with Crippen LogP contribution in [0.15, 0.2) is 24.3 Å². The molecule has 0 aromatic rings. The number of allylic oxidation sites excluding steroid dienone is 2. The SMILES string of the molecule is CCC=CC(C=CC(C)F)N1CCNCC1. The highest BCUT2D eigenvalue weighted by molar-refractivity contribution is 5.08. The summed E-state index contributed by atoms with van der Waals surface area (Å²) < 4.78 is 12.8. The Morgan fingerprint density at radius 3 is 2.50 bits per heavy atom. The summed E-state index contributed by atoms with van der Waals surface area (Å²) in [6.07, 6.45) is 8.11. The van der Waals surface area contributed by atoms with Crippen LogP contribution in [0.1, 0.15) is 20.3 Å². The van der Waals surface area contributed by atoms with E-state index in [0.717, 1.165) is 32.6 Å². The van der Waals surface area contributed by atoms with Crippen LogP contribution in [0.25, 0.3) is 0 Å². The van der Waals surface area contributed by atoms with E-state index in [1.807, 2.05) is 6.08 Å². The molecular formula is C13H23FN2. The summed E-state index contributed by atoms with van der Waals surface area (Å²) in [5.41, 5.74) is 0. The molecule has 1 aliphatic rings. The second kappa shape index (κ2) is 7.58.